The van der Waals surface area contributed by atoms with Gasteiger partial charge in [0, 0.05) is 15.7 Å². The molecule has 0 aromatic heterocycles. The minimum absolute atomic E-state index is 0.0953. The molecular formula is C25H20BrClN2O3. The maximum Gasteiger partial charge on any atom is 0.255 e. The number of nitrogens with one attached hydrogen (secondary N) is 1. The summed E-state index contributed by atoms with van der Waals surface area (Å²) in [5, 5.41) is 3.38. The van der Waals surface area contributed by atoms with Crippen molar-refractivity contribution in [2.75, 3.05) is 10.2 Å². The number of aryl methyl sites for hydroxylation is 1. The van der Waals surface area contributed by atoms with Crippen molar-refractivity contribution in [2.24, 2.45) is 35.5 Å². The van der Waals surface area contributed by atoms with Crippen molar-refractivity contribution >= 4 is 56.6 Å². The molecule has 3 amide bonds. The molecule has 7 rings (SSSR count). The van der Waals surface area contributed by atoms with Crippen LogP contribution in [0.4, 0.5) is 11.4 Å². The van der Waals surface area contributed by atoms with Crippen molar-refractivity contribution in [3.8, 4) is 0 Å². The van der Waals surface area contributed by atoms with E-state index in [1.54, 1.807) is 30.3 Å². The van der Waals surface area contributed by atoms with Gasteiger partial charge in [-0.3, -0.25) is 19.3 Å². The number of imide groups is 1. The van der Waals surface area contributed by atoms with Crippen molar-refractivity contribution in [1.29, 1.82) is 0 Å². The van der Waals surface area contributed by atoms with E-state index >= 15 is 0 Å². The van der Waals surface area contributed by atoms with Crippen LogP contribution in [-0.4, -0.2) is 17.7 Å². The number of allylic oxidation sites excluding steroid dienone is 2. The van der Waals surface area contributed by atoms with E-state index in [0.717, 1.165) is 16.5 Å². The lowest BCUT2D eigenvalue weighted by Crippen LogP contribution is -2.40. The summed E-state index contributed by atoms with van der Waals surface area (Å²) in [6, 6.07) is 10.2. The molecule has 3 fully saturated rings. The summed E-state index contributed by atoms with van der Waals surface area (Å²) < 4.78 is 0.764. The molecule has 1 aliphatic heterocycles. The Balaban J connectivity index is 1.23. The smallest absolute Gasteiger partial charge is 0.255 e. The Kier molecular flexibility index (Phi) is 4.43. The van der Waals surface area contributed by atoms with Crippen LogP contribution in [0.15, 0.2) is 53.0 Å². The van der Waals surface area contributed by atoms with Crippen LogP contribution in [0, 0.1) is 42.4 Å². The van der Waals surface area contributed by atoms with Crippen LogP contribution >= 0.6 is 27.5 Å². The third-order valence-corrected chi connectivity index (χ3v) is 8.76. The molecule has 32 heavy (non-hydrogen) atoms. The second kappa shape index (κ2) is 7.03. The lowest BCUT2D eigenvalue weighted by molar-refractivity contribution is -0.124. The monoisotopic (exact) mass is 510 g/mol. The summed E-state index contributed by atoms with van der Waals surface area (Å²) in [5.41, 5.74) is 2.47. The molecule has 1 N–H and O–H groups in total. The third-order valence-electron chi connectivity index (χ3n) is 7.57. The maximum absolute atomic E-state index is 13.2. The second-order valence-electron chi connectivity index (χ2n) is 9.25. The molecule has 2 aromatic carbocycles. The molecule has 0 unspecified atom stereocenters. The van der Waals surface area contributed by atoms with Crippen LogP contribution in [0.5, 0.6) is 0 Å². The van der Waals surface area contributed by atoms with Crippen LogP contribution in [0.1, 0.15) is 22.3 Å². The predicted octanol–water partition coefficient (Wildman–Crippen LogP) is 5.22. The summed E-state index contributed by atoms with van der Waals surface area (Å²) in [6.07, 6.45) is 5.47. The van der Waals surface area contributed by atoms with Gasteiger partial charge >= 0.3 is 0 Å². The topological polar surface area (TPSA) is 66.5 Å². The van der Waals surface area contributed by atoms with Crippen LogP contribution in [0.3, 0.4) is 0 Å². The highest BCUT2D eigenvalue weighted by Gasteiger charge is 2.67. The summed E-state index contributed by atoms with van der Waals surface area (Å²) >= 11 is 9.52. The number of nitrogens with zero attached hydrogens (tertiary/aromatic N) is 1. The van der Waals surface area contributed by atoms with Crippen molar-refractivity contribution in [3.05, 3.63) is 69.2 Å². The SMILES string of the molecule is Cc1cc(Br)c(Cl)cc1NC(=O)c1ccc(N2C(=O)[C@@H]3[C@@H]4C=C[C@H]([C@H]5C[C@H]45)[C@@H]3C2=O)cc1. The Bertz CT molecular complexity index is 1190. The zero-order valence-electron chi connectivity index (χ0n) is 17.2. The first-order valence-electron chi connectivity index (χ1n) is 10.8. The van der Waals surface area contributed by atoms with Gasteiger partial charge in [-0.05, 0) is 94.9 Å². The fourth-order valence-electron chi connectivity index (χ4n) is 5.95. The number of carbonyl (C=O) groups excluding carboxylic acids is 3. The molecule has 7 heteroatoms. The van der Waals surface area contributed by atoms with Gasteiger partial charge in [0.1, 0.15) is 0 Å². The first-order chi connectivity index (χ1) is 15.3. The molecule has 1 heterocycles. The molecule has 0 radical (unpaired) electrons. The third kappa shape index (κ3) is 2.85. The number of carbonyl (C=O) groups is 3. The van der Waals surface area contributed by atoms with E-state index < -0.39 is 0 Å². The summed E-state index contributed by atoms with van der Waals surface area (Å²) in [7, 11) is 0. The molecule has 6 atom stereocenters. The van der Waals surface area contributed by atoms with Crippen molar-refractivity contribution in [1.82, 2.24) is 0 Å². The number of anilines is 2. The van der Waals surface area contributed by atoms with E-state index in [0.29, 0.717) is 33.8 Å². The van der Waals surface area contributed by atoms with E-state index in [-0.39, 0.29) is 41.4 Å². The van der Waals surface area contributed by atoms with Gasteiger partial charge < -0.3 is 5.32 Å². The largest absolute Gasteiger partial charge is 0.322 e. The number of rotatable bonds is 3. The standard InChI is InChI=1S/C25H20BrClN2O3/c1-11-8-18(26)19(27)10-20(11)28-23(30)12-2-4-13(5-3-12)29-24(31)21-14-6-7-15(17-9-16(14)17)22(21)25(29)32/h2-8,10,14-17,21-22H,9H2,1H3,(H,28,30)/t14-,15-,16-,17-,21-,22+/m1/s1. The van der Waals surface area contributed by atoms with Gasteiger partial charge in [-0.25, -0.2) is 0 Å². The Labute approximate surface area is 198 Å². The van der Waals surface area contributed by atoms with Crippen molar-refractivity contribution in [3.63, 3.8) is 0 Å². The molecule has 0 spiro atoms. The average Bonchev–Trinajstić information content (AvgIpc) is 3.55. The summed E-state index contributed by atoms with van der Waals surface area (Å²) in [6.45, 7) is 1.88. The molecule has 2 bridgehead atoms. The van der Waals surface area contributed by atoms with E-state index in [1.807, 2.05) is 13.0 Å². The van der Waals surface area contributed by atoms with Crippen molar-refractivity contribution < 1.29 is 14.4 Å². The zero-order valence-corrected chi connectivity index (χ0v) is 19.6. The van der Waals surface area contributed by atoms with E-state index in [1.165, 1.54) is 4.90 Å². The molecule has 1 saturated heterocycles. The number of hydrogen-bond acceptors (Lipinski definition) is 3. The van der Waals surface area contributed by atoms with Gasteiger partial charge in [0.25, 0.3) is 5.91 Å². The van der Waals surface area contributed by atoms with E-state index in [9.17, 15) is 14.4 Å². The highest BCUT2D eigenvalue weighted by molar-refractivity contribution is 9.10. The minimum Gasteiger partial charge on any atom is -0.322 e. The van der Waals surface area contributed by atoms with Gasteiger partial charge in [-0.2, -0.15) is 0 Å². The molecule has 2 aromatic rings. The van der Waals surface area contributed by atoms with Gasteiger partial charge in [0.15, 0.2) is 0 Å². The fourth-order valence-corrected chi connectivity index (χ4v) is 6.57. The number of halogens is 2. The molecular weight excluding hydrogens is 492 g/mol. The van der Waals surface area contributed by atoms with Crippen LogP contribution in [0.25, 0.3) is 0 Å². The Hall–Kier alpha value is -2.44. The lowest BCUT2D eigenvalue weighted by Gasteiger charge is -2.37. The Morgan fingerprint density at radius 3 is 2.22 bits per heavy atom. The van der Waals surface area contributed by atoms with Crippen LogP contribution in [0.2, 0.25) is 5.02 Å². The Morgan fingerprint density at radius 2 is 1.62 bits per heavy atom. The highest BCUT2D eigenvalue weighted by Crippen LogP contribution is 2.65. The molecule has 5 aliphatic rings. The van der Waals surface area contributed by atoms with Crippen LogP contribution < -0.4 is 10.2 Å². The molecule has 2 saturated carbocycles. The van der Waals surface area contributed by atoms with Gasteiger partial charge in [-0.15, -0.1) is 0 Å². The normalized spacial score (nSPS) is 31.5. The minimum atomic E-state index is -0.284. The first-order valence-corrected chi connectivity index (χ1v) is 12.0. The second-order valence-corrected chi connectivity index (χ2v) is 10.5. The fraction of sp³-hybridized carbons (Fsp3) is 0.320. The number of amides is 3. The molecule has 5 nitrogen and oxygen atoms in total. The zero-order chi connectivity index (χ0) is 22.3. The van der Waals surface area contributed by atoms with Gasteiger partial charge in [-0.1, -0.05) is 23.8 Å². The predicted molar refractivity (Wildman–Crippen MR) is 125 cm³/mol. The highest BCUT2D eigenvalue weighted by atomic mass is 79.9. The summed E-state index contributed by atoms with van der Waals surface area (Å²) in [5.74, 6) is 0.611. The first kappa shape index (κ1) is 20.2. The van der Waals surface area contributed by atoms with Crippen molar-refractivity contribution in [2.45, 2.75) is 13.3 Å². The number of hydrogen-bond donors (Lipinski definition) is 1. The lowest BCUT2D eigenvalue weighted by atomic mass is 9.63. The van der Waals surface area contributed by atoms with Gasteiger partial charge in [0.2, 0.25) is 11.8 Å². The van der Waals surface area contributed by atoms with E-state index in [2.05, 4.69) is 33.4 Å². The van der Waals surface area contributed by atoms with Crippen LogP contribution in [-0.2, 0) is 9.59 Å². The average molecular weight is 512 g/mol. The molecule has 162 valence electrons. The van der Waals surface area contributed by atoms with Gasteiger partial charge in [0.05, 0.1) is 22.5 Å². The Morgan fingerprint density at radius 1 is 1.03 bits per heavy atom. The van der Waals surface area contributed by atoms with E-state index in [4.69, 9.17) is 11.6 Å². The quantitative estimate of drug-likeness (QED) is 0.454. The molecule has 4 aliphatic carbocycles. The number of benzene rings is 2. The summed E-state index contributed by atoms with van der Waals surface area (Å²) in [4.78, 5) is 40.6. The maximum atomic E-state index is 13.2.